The van der Waals surface area contributed by atoms with Crippen molar-refractivity contribution in [3.8, 4) is 168 Å². The number of hydrogen-bond donors (Lipinski definition) is 0. The molecule has 0 aliphatic rings. The van der Waals surface area contributed by atoms with Crippen LogP contribution in [-0.2, 0) is 0 Å². The molecule has 105 heavy (non-hydrogen) atoms. The van der Waals surface area contributed by atoms with Gasteiger partial charge in [0, 0.05) is 10.8 Å². The highest BCUT2D eigenvalue weighted by molar-refractivity contribution is 6.12. The third kappa shape index (κ3) is 12.8. The Bertz CT molecular complexity index is 5400. The molecule has 0 aliphatic carbocycles. The van der Waals surface area contributed by atoms with Crippen molar-refractivity contribution in [1.29, 1.82) is 5.26 Å². The molecule has 0 amide bonds. The maximum absolute atomic E-state index is 10.9. The predicted octanol–water partition coefficient (Wildman–Crippen LogP) is 28.0. The second-order valence-electron chi connectivity index (χ2n) is 27.2. The summed E-state index contributed by atoms with van der Waals surface area (Å²) in [6.45, 7) is 0. The first-order valence-electron chi connectivity index (χ1n) is 35.9. The summed E-state index contributed by atoms with van der Waals surface area (Å²) in [6, 6.07) is 153. The first-order valence-corrected chi connectivity index (χ1v) is 35.9. The van der Waals surface area contributed by atoms with E-state index in [-0.39, 0.29) is 0 Å². The van der Waals surface area contributed by atoms with E-state index < -0.39 is 0 Å². The Morgan fingerprint density at radius 3 is 0.524 bits per heavy atom. The number of nitrogens with zero attached hydrogens (tertiary/aromatic N) is 2. The molecule has 1 aromatic heterocycles. The SMILES string of the molecule is N#Cc1ccccc1-n1c2ccc(-c3cc(-c4cc(-c5ccccc5)cc(-c5ccccc5)c4)cc(-c4cc(-c5ccccc5)cc(-c5ccccc5)c4)c3)cc2c2cc(-c3cc(-c4cc(-c5ccccc5)cc(-c5ccccc5)c4)cc(-c4cc(-c5ccccc5)cc(-c5ccccc5)c4)c3)ccc21. The van der Waals surface area contributed by atoms with Gasteiger partial charge < -0.3 is 4.57 Å². The number of benzene rings is 17. The Labute approximate surface area is 613 Å². The number of hydrogen-bond acceptors (Lipinski definition) is 1. The lowest BCUT2D eigenvalue weighted by Gasteiger charge is -2.16. The van der Waals surface area contributed by atoms with Gasteiger partial charge in [-0.15, -0.1) is 0 Å². The van der Waals surface area contributed by atoms with Crippen molar-refractivity contribution < 1.29 is 0 Å². The van der Waals surface area contributed by atoms with Crippen LogP contribution in [0.25, 0.3) is 183 Å². The monoisotopic (exact) mass is 1330 g/mol. The molecular formula is C103H68N2. The van der Waals surface area contributed by atoms with Crippen molar-refractivity contribution in [3.63, 3.8) is 0 Å². The van der Waals surface area contributed by atoms with Crippen molar-refractivity contribution in [2.24, 2.45) is 0 Å². The van der Waals surface area contributed by atoms with E-state index in [1.54, 1.807) is 0 Å². The minimum atomic E-state index is 0.597. The van der Waals surface area contributed by atoms with E-state index in [4.69, 9.17) is 0 Å². The summed E-state index contributed by atoms with van der Waals surface area (Å²) in [7, 11) is 0. The topological polar surface area (TPSA) is 28.7 Å². The van der Waals surface area contributed by atoms with Gasteiger partial charge in [0.15, 0.2) is 0 Å². The smallest absolute Gasteiger partial charge is 0.101 e. The predicted molar refractivity (Wildman–Crippen MR) is 442 cm³/mol. The van der Waals surface area contributed by atoms with E-state index in [0.29, 0.717) is 5.56 Å². The van der Waals surface area contributed by atoms with Crippen LogP contribution in [0, 0.1) is 11.3 Å². The van der Waals surface area contributed by atoms with E-state index in [9.17, 15) is 5.26 Å². The van der Waals surface area contributed by atoms with Gasteiger partial charge in [-0.2, -0.15) is 5.26 Å². The van der Waals surface area contributed by atoms with Gasteiger partial charge in [0.1, 0.15) is 6.07 Å². The third-order valence-corrected chi connectivity index (χ3v) is 20.5. The van der Waals surface area contributed by atoms with Crippen LogP contribution in [0.3, 0.4) is 0 Å². The van der Waals surface area contributed by atoms with Crippen LogP contribution in [0.1, 0.15) is 5.56 Å². The van der Waals surface area contributed by atoms with Crippen LogP contribution in [0.15, 0.2) is 413 Å². The molecule has 1 heterocycles. The normalized spacial score (nSPS) is 11.2. The fourth-order valence-electron chi connectivity index (χ4n) is 15.2. The van der Waals surface area contributed by atoms with Crippen LogP contribution >= 0.6 is 0 Å². The molecule has 0 atom stereocenters. The highest BCUT2D eigenvalue weighted by atomic mass is 15.0. The molecule has 0 N–H and O–H groups in total. The molecule has 0 aliphatic heterocycles. The van der Waals surface area contributed by atoms with Crippen LogP contribution in [0.5, 0.6) is 0 Å². The maximum atomic E-state index is 10.9. The molecule has 0 saturated carbocycles. The van der Waals surface area contributed by atoms with Gasteiger partial charge in [-0.1, -0.05) is 267 Å². The first kappa shape index (κ1) is 63.2. The Kier molecular flexibility index (Phi) is 16.8. The van der Waals surface area contributed by atoms with E-state index in [1.807, 2.05) is 18.2 Å². The van der Waals surface area contributed by atoms with Crippen molar-refractivity contribution >= 4 is 21.8 Å². The quantitative estimate of drug-likeness (QED) is 0.101. The van der Waals surface area contributed by atoms with Crippen LogP contribution in [-0.4, -0.2) is 4.57 Å². The van der Waals surface area contributed by atoms with Gasteiger partial charge in [0.2, 0.25) is 0 Å². The molecule has 0 radical (unpaired) electrons. The zero-order chi connectivity index (χ0) is 70.0. The number of fused-ring (bicyclic) bond motifs is 3. The minimum absolute atomic E-state index is 0.597. The van der Waals surface area contributed by atoms with Gasteiger partial charge in [0.05, 0.1) is 22.3 Å². The Hall–Kier alpha value is -14.0. The van der Waals surface area contributed by atoms with Crippen molar-refractivity contribution in [2.45, 2.75) is 0 Å². The molecular weight excluding hydrogens is 1270 g/mol. The summed E-state index contributed by atoms with van der Waals surface area (Å²) in [6.07, 6.45) is 0. The lowest BCUT2D eigenvalue weighted by molar-refractivity contribution is 1.17. The van der Waals surface area contributed by atoms with Crippen LogP contribution in [0.4, 0.5) is 0 Å². The van der Waals surface area contributed by atoms with Gasteiger partial charge in [-0.3, -0.25) is 0 Å². The highest BCUT2D eigenvalue weighted by Gasteiger charge is 2.21. The average Bonchev–Trinajstić information content (AvgIpc) is 1.58. The Balaban J connectivity index is 0.876. The lowest BCUT2D eigenvalue weighted by atomic mass is 9.88. The molecule has 2 heteroatoms. The van der Waals surface area contributed by atoms with E-state index in [1.165, 1.54) is 0 Å². The van der Waals surface area contributed by atoms with Crippen molar-refractivity contribution in [1.82, 2.24) is 4.57 Å². The second-order valence-corrected chi connectivity index (χ2v) is 27.2. The molecule has 17 aromatic carbocycles. The molecule has 0 unspecified atom stereocenters. The lowest BCUT2D eigenvalue weighted by Crippen LogP contribution is -1.97. The molecule has 18 aromatic rings. The second kappa shape index (κ2) is 27.9. The van der Waals surface area contributed by atoms with Gasteiger partial charge >= 0.3 is 0 Å². The van der Waals surface area contributed by atoms with Crippen LogP contribution < -0.4 is 0 Å². The van der Waals surface area contributed by atoms with Crippen LogP contribution in [0.2, 0.25) is 0 Å². The molecule has 490 valence electrons. The summed E-state index contributed by atoms with van der Waals surface area (Å²) >= 11 is 0. The molecule has 2 nitrogen and oxygen atoms in total. The van der Waals surface area contributed by atoms with Crippen molar-refractivity contribution in [3.05, 3.63) is 418 Å². The Morgan fingerprint density at radius 2 is 0.324 bits per heavy atom. The number of nitriles is 1. The first-order chi connectivity index (χ1) is 51.9. The van der Waals surface area contributed by atoms with E-state index in [0.717, 1.165) is 183 Å². The molecule has 0 bridgehead atoms. The number of aromatic nitrogens is 1. The zero-order valence-corrected chi connectivity index (χ0v) is 57.7. The van der Waals surface area contributed by atoms with E-state index >= 15 is 0 Å². The zero-order valence-electron chi connectivity index (χ0n) is 57.7. The van der Waals surface area contributed by atoms with Gasteiger partial charge in [-0.25, -0.2) is 0 Å². The van der Waals surface area contributed by atoms with Gasteiger partial charge in [0.25, 0.3) is 0 Å². The summed E-state index contributed by atoms with van der Waals surface area (Å²) in [5.74, 6) is 0. The fraction of sp³-hybridized carbons (Fsp3) is 0. The molecule has 0 fully saturated rings. The maximum Gasteiger partial charge on any atom is 0.101 e. The minimum Gasteiger partial charge on any atom is -0.308 e. The summed E-state index contributed by atoms with van der Waals surface area (Å²) in [5, 5.41) is 13.1. The standard InChI is InChI=1S/C103H68N2/c104-69-80-43-25-26-44-101(80)105-102-47-45-78(89-61-95(91-53-81(70-27-9-1-10-28-70)49-82(54-91)71-29-11-2-12-30-71)65-96(62-89)92-55-83(72-31-13-3-14-32-72)50-84(56-92)73-33-15-4-16-34-73)67-99(102)100-68-79(46-48-103(100)105)90-63-97(93-57-85(74-35-17-5-18-36-74)51-86(58-93)75-37-19-6-20-38-75)66-98(64-90)94-59-87(76-39-21-7-22-40-76)52-88(60-94)77-41-23-8-24-42-77/h1-68H. The molecule has 0 spiro atoms. The molecule has 0 saturated heterocycles. The number of rotatable bonds is 15. The molecule has 18 rings (SSSR count). The number of para-hydroxylation sites is 1. The summed E-state index contributed by atoms with van der Waals surface area (Å²) in [5.41, 5.74) is 35.0. The van der Waals surface area contributed by atoms with Crippen molar-refractivity contribution in [2.75, 3.05) is 0 Å². The fourth-order valence-corrected chi connectivity index (χ4v) is 15.2. The summed E-state index contributed by atoms with van der Waals surface area (Å²) < 4.78 is 2.29. The average molecular weight is 1330 g/mol. The largest absolute Gasteiger partial charge is 0.308 e. The Morgan fingerprint density at radius 1 is 0.152 bits per heavy atom. The highest BCUT2D eigenvalue weighted by Crippen LogP contribution is 2.45. The third-order valence-electron chi connectivity index (χ3n) is 20.5. The van der Waals surface area contributed by atoms with E-state index in [2.05, 4.69) is 405 Å². The summed E-state index contributed by atoms with van der Waals surface area (Å²) in [4.78, 5) is 0. The van der Waals surface area contributed by atoms with Gasteiger partial charge in [-0.05, 0) is 301 Å².